The van der Waals surface area contributed by atoms with Crippen molar-refractivity contribution >= 4 is 27.5 Å². The summed E-state index contributed by atoms with van der Waals surface area (Å²) >= 11 is 0. The molecule has 1 saturated heterocycles. The van der Waals surface area contributed by atoms with Crippen LogP contribution in [-0.4, -0.2) is 67.3 Å². The van der Waals surface area contributed by atoms with Crippen LogP contribution in [0.15, 0.2) is 52.4 Å². The van der Waals surface area contributed by atoms with Gasteiger partial charge in [-0.1, -0.05) is 30.3 Å². The Kier molecular flexibility index (Phi) is 5.37. The van der Waals surface area contributed by atoms with E-state index in [9.17, 15) is 18.0 Å². The molecular formula is C28H31N3O4S. The molecule has 2 aliphatic heterocycles. The Hall–Kier alpha value is -3.00. The number of rotatable bonds is 6. The zero-order valence-electron chi connectivity index (χ0n) is 20.7. The predicted octanol–water partition coefficient (Wildman–Crippen LogP) is 3.45. The molecule has 1 atom stereocenters. The van der Waals surface area contributed by atoms with Gasteiger partial charge in [-0.2, -0.15) is 0 Å². The summed E-state index contributed by atoms with van der Waals surface area (Å²) < 4.78 is 24.0. The van der Waals surface area contributed by atoms with Crippen LogP contribution in [0.25, 0.3) is 11.1 Å². The van der Waals surface area contributed by atoms with Gasteiger partial charge in [0.15, 0.2) is 9.84 Å². The Bertz CT molecular complexity index is 1410. The van der Waals surface area contributed by atoms with E-state index in [-0.39, 0.29) is 23.7 Å². The molecule has 6 rings (SSSR count). The molecule has 0 radical (unpaired) electrons. The fourth-order valence-corrected chi connectivity index (χ4v) is 6.17. The molecule has 3 fully saturated rings. The van der Waals surface area contributed by atoms with Gasteiger partial charge in [-0.05, 0) is 73.8 Å². The van der Waals surface area contributed by atoms with Crippen LogP contribution in [0.4, 0.5) is 0 Å². The van der Waals surface area contributed by atoms with E-state index in [0.717, 1.165) is 66.7 Å². The van der Waals surface area contributed by atoms with Crippen LogP contribution < -0.4 is 0 Å². The van der Waals surface area contributed by atoms with Gasteiger partial charge in [0.2, 0.25) is 5.91 Å². The van der Waals surface area contributed by atoms with Gasteiger partial charge in [0.05, 0.1) is 4.90 Å². The van der Waals surface area contributed by atoms with Crippen molar-refractivity contribution in [2.75, 3.05) is 25.9 Å². The molecule has 2 aromatic carbocycles. The van der Waals surface area contributed by atoms with Crippen LogP contribution in [0.3, 0.4) is 0 Å². The van der Waals surface area contributed by atoms with Gasteiger partial charge in [-0.15, -0.1) is 0 Å². The second-order valence-electron chi connectivity index (χ2n) is 10.9. The molecule has 0 unspecified atom stereocenters. The van der Waals surface area contributed by atoms with E-state index in [1.165, 1.54) is 6.26 Å². The minimum Gasteiger partial charge on any atom is -0.342 e. The summed E-state index contributed by atoms with van der Waals surface area (Å²) in [4.78, 5) is 35.0. The lowest BCUT2D eigenvalue weighted by Gasteiger charge is -2.24. The van der Waals surface area contributed by atoms with Crippen LogP contribution in [-0.2, 0) is 19.4 Å². The number of amidine groups is 1. The summed E-state index contributed by atoms with van der Waals surface area (Å²) in [7, 11) is -3.29. The number of sulfone groups is 1. The number of carbonyl (C=O) groups excluding carboxylic acids is 2. The first-order valence-electron chi connectivity index (χ1n) is 12.8. The number of carbonyl (C=O) groups is 2. The number of likely N-dealkylation sites (tertiary alicyclic amines) is 1. The highest BCUT2D eigenvalue weighted by Crippen LogP contribution is 2.46. The fourth-order valence-electron chi connectivity index (χ4n) is 5.51. The minimum absolute atomic E-state index is 0.0915. The third kappa shape index (κ3) is 4.15. The standard InChI is InChI=1S/C28H31N3O4S/c1-18-14-22(21-4-3-5-23(15-21)36(2,34)35)8-9-24(18)25-29-28(11-12-28)27(33)31(25)17-19-10-13-30(16-19)26(32)20-6-7-20/h3-5,8-9,14-15,19-20H,6-7,10-13,16-17H2,1-2H3/t19-/m1/s1. The van der Waals surface area contributed by atoms with E-state index in [1.54, 1.807) is 18.2 Å². The van der Waals surface area contributed by atoms with E-state index < -0.39 is 15.4 Å². The molecule has 4 aliphatic rings. The van der Waals surface area contributed by atoms with E-state index in [1.807, 2.05) is 41.0 Å². The van der Waals surface area contributed by atoms with Crippen molar-refractivity contribution in [3.8, 4) is 11.1 Å². The number of nitrogens with zero attached hydrogens (tertiary/aromatic N) is 3. The summed E-state index contributed by atoms with van der Waals surface area (Å²) in [5.41, 5.74) is 3.08. The summed E-state index contributed by atoms with van der Waals surface area (Å²) in [6, 6.07) is 13.0. The molecular weight excluding hydrogens is 474 g/mol. The van der Waals surface area contributed by atoms with Gasteiger partial charge in [0.25, 0.3) is 5.91 Å². The average Bonchev–Trinajstić information content (AvgIpc) is 3.77. The Balaban J connectivity index is 1.26. The van der Waals surface area contributed by atoms with Gasteiger partial charge >= 0.3 is 0 Å². The molecule has 2 aliphatic carbocycles. The molecule has 7 nitrogen and oxygen atoms in total. The van der Waals surface area contributed by atoms with Gasteiger partial charge in [-0.3, -0.25) is 19.5 Å². The Morgan fingerprint density at radius 3 is 2.50 bits per heavy atom. The first-order chi connectivity index (χ1) is 17.1. The maximum absolute atomic E-state index is 13.4. The number of amides is 2. The molecule has 188 valence electrons. The number of benzene rings is 2. The second kappa shape index (κ2) is 8.26. The lowest BCUT2D eigenvalue weighted by molar-refractivity contribution is -0.131. The van der Waals surface area contributed by atoms with Gasteiger partial charge in [0.1, 0.15) is 11.4 Å². The Morgan fingerprint density at radius 1 is 1.08 bits per heavy atom. The second-order valence-corrected chi connectivity index (χ2v) is 12.9. The molecule has 8 heteroatoms. The monoisotopic (exact) mass is 505 g/mol. The molecule has 36 heavy (non-hydrogen) atoms. The Labute approximate surface area is 212 Å². The average molecular weight is 506 g/mol. The lowest BCUT2D eigenvalue weighted by atomic mass is 9.98. The SMILES string of the molecule is Cc1cc(-c2cccc(S(C)(=O)=O)c2)ccc1C1=NC2(CC2)C(=O)N1C[C@@H]1CCN(C(=O)C2CC2)C1. The van der Waals surface area contributed by atoms with Crippen molar-refractivity contribution in [3.05, 3.63) is 53.6 Å². The number of aryl methyl sites for hydroxylation is 1. The summed E-state index contributed by atoms with van der Waals surface area (Å²) in [6.07, 6.45) is 5.73. The van der Waals surface area contributed by atoms with Crippen molar-refractivity contribution < 1.29 is 18.0 Å². The maximum Gasteiger partial charge on any atom is 0.256 e. The maximum atomic E-state index is 13.4. The minimum atomic E-state index is -3.29. The molecule has 0 aromatic heterocycles. The quantitative estimate of drug-likeness (QED) is 0.602. The lowest BCUT2D eigenvalue weighted by Crippen LogP contribution is -2.41. The molecule has 0 N–H and O–H groups in total. The molecule has 2 amide bonds. The van der Waals surface area contributed by atoms with Gasteiger partial charge in [0, 0.05) is 37.4 Å². The van der Waals surface area contributed by atoms with E-state index in [4.69, 9.17) is 4.99 Å². The van der Waals surface area contributed by atoms with E-state index >= 15 is 0 Å². The Morgan fingerprint density at radius 2 is 1.83 bits per heavy atom. The largest absolute Gasteiger partial charge is 0.342 e. The predicted molar refractivity (Wildman–Crippen MR) is 137 cm³/mol. The van der Waals surface area contributed by atoms with Crippen molar-refractivity contribution in [1.82, 2.24) is 9.80 Å². The highest BCUT2D eigenvalue weighted by atomic mass is 32.2. The molecule has 2 saturated carbocycles. The first-order valence-corrected chi connectivity index (χ1v) is 14.7. The van der Waals surface area contributed by atoms with Crippen LogP contribution in [0, 0.1) is 18.8 Å². The van der Waals surface area contributed by atoms with Crippen LogP contribution in [0.2, 0.25) is 0 Å². The van der Waals surface area contributed by atoms with Crippen molar-refractivity contribution in [1.29, 1.82) is 0 Å². The molecule has 1 spiro atoms. The third-order valence-corrected chi connectivity index (χ3v) is 9.08. The normalized spacial score (nSPS) is 22.9. The number of hydrogen-bond acceptors (Lipinski definition) is 5. The van der Waals surface area contributed by atoms with E-state index in [0.29, 0.717) is 18.0 Å². The van der Waals surface area contributed by atoms with Gasteiger partial charge in [-0.25, -0.2) is 8.42 Å². The molecule has 2 aromatic rings. The topological polar surface area (TPSA) is 87.1 Å². The van der Waals surface area contributed by atoms with Crippen molar-refractivity contribution in [2.45, 2.75) is 49.5 Å². The first kappa shape index (κ1) is 23.4. The van der Waals surface area contributed by atoms with E-state index in [2.05, 4.69) is 0 Å². The van der Waals surface area contributed by atoms with Crippen LogP contribution >= 0.6 is 0 Å². The van der Waals surface area contributed by atoms with Crippen molar-refractivity contribution in [3.63, 3.8) is 0 Å². The smallest absolute Gasteiger partial charge is 0.256 e. The third-order valence-electron chi connectivity index (χ3n) is 7.97. The highest BCUT2D eigenvalue weighted by Gasteiger charge is 2.57. The van der Waals surface area contributed by atoms with Crippen molar-refractivity contribution in [2.24, 2.45) is 16.8 Å². The molecule has 0 bridgehead atoms. The van der Waals surface area contributed by atoms with Crippen LogP contribution in [0.1, 0.15) is 43.2 Å². The fraction of sp³-hybridized carbons (Fsp3) is 0.464. The number of aliphatic imine (C=N–C) groups is 1. The van der Waals surface area contributed by atoms with Crippen LogP contribution in [0.5, 0.6) is 0 Å². The molecule has 2 heterocycles. The number of hydrogen-bond donors (Lipinski definition) is 0. The summed E-state index contributed by atoms with van der Waals surface area (Å²) in [6.45, 7) is 4.09. The summed E-state index contributed by atoms with van der Waals surface area (Å²) in [5.74, 6) is 1.59. The zero-order chi connectivity index (χ0) is 25.2. The zero-order valence-corrected chi connectivity index (χ0v) is 21.6. The highest BCUT2D eigenvalue weighted by molar-refractivity contribution is 7.90. The van der Waals surface area contributed by atoms with Gasteiger partial charge < -0.3 is 4.90 Å². The summed E-state index contributed by atoms with van der Waals surface area (Å²) in [5, 5.41) is 0.